The van der Waals surface area contributed by atoms with E-state index in [0.29, 0.717) is 0 Å². The van der Waals surface area contributed by atoms with Gasteiger partial charge in [-0.2, -0.15) is 17.2 Å². The summed E-state index contributed by atoms with van der Waals surface area (Å²) >= 11 is 0. The third-order valence-electron chi connectivity index (χ3n) is 3.86. The van der Waals surface area contributed by atoms with E-state index in [0.717, 1.165) is 11.1 Å². The van der Waals surface area contributed by atoms with Crippen molar-refractivity contribution in [2.24, 2.45) is 0 Å². The fraction of sp³-hybridized carbons (Fsp3) is 0.263. The van der Waals surface area contributed by atoms with Gasteiger partial charge in [-0.1, -0.05) is 54.6 Å². The van der Waals surface area contributed by atoms with E-state index in [4.69, 9.17) is 0 Å². The van der Waals surface area contributed by atoms with Crippen molar-refractivity contribution in [2.75, 3.05) is 0 Å². The zero-order chi connectivity index (χ0) is 19.4. The summed E-state index contributed by atoms with van der Waals surface area (Å²) in [5.74, 6) is -5.22. The van der Waals surface area contributed by atoms with Gasteiger partial charge in [-0.3, -0.25) is 0 Å². The van der Waals surface area contributed by atoms with Crippen molar-refractivity contribution in [3.8, 4) is 0 Å². The van der Waals surface area contributed by atoms with Crippen molar-refractivity contribution in [1.82, 2.24) is 0 Å². The minimum absolute atomic E-state index is 0.204. The van der Waals surface area contributed by atoms with Crippen LogP contribution in [0.2, 0.25) is 0 Å². The number of hydrogen-bond acceptors (Lipinski definition) is 4. The standard InChI is InChI=1S/C19H20F2O4S/c1-14-8-11-17(12-9-14)26(23,24)25-15(2)19(20,21)18(22)13-10-16-6-4-3-5-7-16/h3-9,11-12,18,22H,2,10,13H2,1H3. The van der Waals surface area contributed by atoms with Crippen LogP contribution < -0.4 is 0 Å². The van der Waals surface area contributed by atoms with E-state index in [-0.39, 0.29) is 17.7 Å². The molecule has 0 fully saturated rings. The molecule has 2 aromatic carbocycles. The maximum absolute atomic E-state index is 14.3. The average Bonchev–Trinajstić information content (AvgIpc) is 2.60. The van der Waals surface area contributed by atoms with Gasteiger partial charge in [0.1, 0.15) is 11.0 Å². The Bertz CT molecular complexity index is 847. The van der Waals surface area contributed by atoms with Crippen LogP contribution in [-0.2, 0) is 20.7 Å². The molecule has 0 saturated carbocycles. The van der Waals surface area contributed by atoms with Crippen LogP contribution in [0, 0.1) is 6.92 Å². The highest BCUT2D eigenvalue weighted by Crippen LogP contribution is 2.32. The Hall–Kier alpha value is -2.25. The lowest BCUT2D eigenvalue weighted by Gasteiger charge is -2.24. The summed E-state index contributed by atoms with van der Waals surface area (Å²) in [6.45, 7) is 4.78. The Morgan fingerprint density at radius 2 is 1.73 bits per heavy atom. The highest BCUT2D eigenvalue weighted by Gasteiger charge is 2.44. The third-order valence-corrected chi connectivity index (χ3v) is 5.13. The zero-order valence-corrected chi connectivity index (χ0v) is 15.0. The van der Waals surface area contributed by atoms with E-state index in [2.05, 4.69) is 10.8 Å². The van der Waals surface area contributed by atoms with Crippen LogP contribution in [0.3, 0.4) is 0 Å². The quantitative estimate of drug-likeness (QED) is 0.557. The predicted octanol–water partition coefficient (Wildman–Crippen LogP) is 3.84. The van der Waals surface area contributed by atoms with E-state index < -0.39 is 27.9 Å². The molecule has 0 heterocycles. The van der Waals surface area contributed by atoms with Crippen molar-refractivity contribution in [3.05, 3.63) is 78.1 Å². The smallest absolute Gasteiger partial charge is 0.339 e. The summed E-state index contributed by atoms with van der Waals surface area (Å²) < 4.78 is 57.2. The second-order valence-corrected chi connectivity index (χ2v) is 7.48. The topological polar surface area (TPSA) is 63.6 Å². The number of alkyl halides is 2. The maximum atomic E-state index is 14.3. The normalized spacial score (nSPS) is 13.2. The molecule has 2 aromatic rings. The number of rotatable bonds is 8. The Balaban J connectivity index is 2.04. The molecule has 0 spiro atoms. The second-order valence-electron chi connectivity index (χ2n) is 5.94. The maximum Gasteiger partial charge on any atom is 0.339 e. The highest BCUT2D eigenvalue weighted by molar-refractivity contribution is 7.86. The van der Waals surface area contributed by atoms with Crippen LogP contribution in [0.25, 0.3) is 0 Å². The van der Waals surface area contributed by atoms with Crippen molar-refractivity contribution in [2.45, 2.75) is 36.7 Å². The summed E-state index contributed by atoms with van der Waals surface area (Å²) in [6.07, 6.45) is -2.19. The van der Waals surface area contributed by atoms with Gasteiger partial charge >= 0.3 is 16.0 Å². The first-order valence-electron chi connectivity index (χ1n) is 7.93. The number of benzene rings is 2. The molecule has 1 unspecified atom stereocenters. The van der Waals surface area contributed by atoms with Crippen molar-refractivity contribution >= 4 is 10.1 Å². The Morgan fingerprint density at radius 3 is 2.31 bits per heavy atom. The summed E-state index contributed by atoms with van der Waals surface area (Å²) in [5, 5.41) is 9.83. The first-order chi connectivity index (χ1) is 12.1. The number of aliphatic hydroxyl groups is 1. The van der Waals surface area contributed by atoms with Crippen LogP contribution in [0.1, 0.15) is 17.5 Å². The summed E-state index contributed by atoms with van der Waals surface area (Å²) in [6, 6.07) is 14.4. The molecule has 0 aliphatic heterocycles. The van der Waals surface area contributed by atoms with Crippen molar-refractivity contribution < 1.29 is 26.5 Å². The molecular weight excluding hydrogens is 362 g/mol. The molecule has 0 radical (unpaired) electrons. The third kappa shape index (κ3) is 4.89. The molecule has 4 nitrogen and oxygen atoms in total. The summed E-state index contributed by atoms with van der Waals surface area (Å²) in [4.78, 5) is -0.265. The van der Waals surface area contributed by atoms with E-state index in [1.54, 1.807) is 37.3 Å². The first-order valence-corrected chi connectivity index (χ1v) is 9.34. The first kappa shape index (κ1) is 20.1. The van der Waals surface area contributed by atoms with Crippen LogP contribution in [0.4, 0.5) is 8.78 Å². The molecule has 1 N–H and O–H groups in total. The minimum Gasteiger partial charge on any atom is -0.386 e. The van der Waals surface area contributed by atoms with E-state index in [9.17, 15) is 22.3 Å². The number of halogens is 2. The lowest BCUT2D eigenvalue weighted by atomic mass is 10.0. The van der Waals surface area contributed by atoms with Crippen LogP contribution in [0.5, 0.6) is 0 Å². The van der Waals surface area contributed by atoms with E-state index >= 15 is 0 Å². The fourth-order valence-electron chi connectivity index (χ4n) is 2.26. The van der Waals surface area contributed by atoms with Gasteiger partial charge in [0.2, 0.25) is 0 Å². The second kappa shape index (κ2) is 7.97. The average molecular weight is 382 g/mol. The van der Waals surface area contributed by atoms with E-state index in [1.807, 2.05) is 0 Å². The van der Waals surface area contributed by atoms with Gasteiger partial charge in [0.15, 0.2) is 5.76 Å². The number of aliphatic hydroxyl groups excluding tert-OH is 1. The summed E-state index contributed by atoms with van der Waals surface area (Å²) in [7, 11) is -4.45. The minimum atomic E-state index is -4.45. The molecule has 0 aliphatic rings. The van der Waals surface area contributed by atoms with Gasteiger partial charge in [0.05, 0.1) is 0 Å². The summed E-state index contributed by atoms with van der Waals surface area (Å²) in [5.41, 5.74) is 1.59. The molecule has 26 heavy (non-hydrogen) atoms. The molecule has 7 heteroatoms. The van der Waals surface area contributed by atoms with Crippen molar-refractivity contribution in [1.29, 1.82) is 0 Å². The van der Waals surface area contributed by atoms with Gasteiger partial charge in [-0.05, 0) is 37.5 Å². The SMILES string of the molecule is C=C(OS(=O)(=O)c1ccc(C)cc1)C(F)(F)C(O)CCc1ccccc1. The molecule has 0 aromatic heterocycles. The van der Waals surface area contributed by atoms with Gasteiger partial charge in [0, 0.05) is 0 Å². The Labute approximate surface area is 151 Å². The van der Waals surface area contributed by atoms with Crippen LogP contribution in [0.15, 0.2) is 71.8 Å². The molecule has 140 valence electrons. The van der Waals surface area contributed by atoms with E-state index in [1.165, 1.54) is 24.3 Å². The fourth-order valence-corrected chi connectivity index (χ4v) is 3.20. The van der Waals surface area contributed by atoms with Gasteiger partial charge in [0.25, 0.3) is 0 Å². The number of aryl methyl sites for hydroxylation is 2. The number of hydrogen-bond donors (Lipinski definition) is 1. The molecule has 1 atom stereocenters. The predicted molar refractivity (Wildman–Crippen MR) is 94.3 cm³/mol. The molecule has 0 bridgehead atoms. The lowest BCUT2D eigenvalue weighted by molar-refractivity contribution is -0.0999. The Morgan fingerprint density at radius 1 is 1.15 bits per heavy atom. The molecule has 0 amide bonds. The van der Waals surface area contributed by atoms with Gasteiger partial charge in [-0.25, -0.2) is 0 Å². The molecule has 0 aliphatic carbocycles. The zero-order valence-electron chi connectivity index (χ0n) is 14.2. The van der Waals surface area contributed by atoms with Crippen LogP contribution in [-0.4, -0.2) is 25.6 Å². The van der Waals surface area contributed by atoms with Gasteiger partial charge in [-0.15, -0.1) is 0 Å². The Kier molecular flexibility index (Phi) is 6.15. The van der Waals surface area contributed by atoms with Crippen molar-refractivity contribution in [3.63, 3.8) is 0 Å². The van der Waals surface area contributed by atoms with Crippen LogP contribution >= 0.6 is 0 Å². The largest absolute Gasteiger partial charge is 0.386 e. The molecule has 2 rings (SSSR count). The molecule has 0 saturated heterocycles. The lowest BCUT2D eigenvalue weighted by Crippen LogP contribution is -2.37. The van der Waals surface area contributed by atoms with Gasteiger partial charge < -0.3 is 9.29 Å². The monoisotopic (exact) mass is 382 g/mol. The highest BCUT2D eigenvalue weighted by atomic mass is 32.2. The molecular formula is C19H20F2O4S.